The van der Waals surface area contributed by atoms with Crippen LogP contribution in [-0.4, -0.2) is 10.2 Å². The summed E-state index contributed by atoms with van der Waals surface area (Å²) in [6.07, 6.45) is 4.38. The lowest BCUT2D eigenvalue weighted by molar-refractivity contribution is 0.468. The Balaban J connectivity index is 2.15. The summed E-state index contributed by atoms with van der Waals surface area (Å²) in [4.78, 5) is 12.3. The van der Waals surface area contributed by atoms with Crippen molar-refractivity contribution in [2.45, 2.75) is 13.3 Å². The normalized spacial score (nSPS) is 12.0. The molecule has 0 aliphatic carbocycles. The highest BCUT2D eigenvalue weighted by Crippen LogP contribution is 2.35. The van der Waals surface area contributed by atoms with Crippen LogP contribution >= 0.6 is 0 Å². The topological polar surface area (TPSA) is 83.8 Å². The Morgan fingerprint density at radius 1 is 1.04 bits per heavy atom. The van der Waals surface area contributed by atoms with Gasteiger partial charge in [-0.1, -0.05) is 12.2 Å². The Labute approximate surface area is 136 Å². The van der Waals surface area contributed by atoms with E-state index in [0.717, 1.165) is 0 Å². The minimum atomic E-state index is -0.539. The van der Waals surface area contributed by atoms with Crippen LogP contribution in [0.5, 0.6) is 11.5 Å². The molecule has 4 aromatic rings. The quantitative estimate of drug-likeness (QED) is 0.426. The van der Waals surface area contributed by atoms with E-state index in [1.54, 1.807) is 12.1 Å². The number of allylic oxidation sites excluding steroid dienone is 2. The molecule has 5 nitrogen and oxygen atoms in total. The molecule has 0 atom stereocenters. The predicted molar refractivity (Wildman–Crippen MR) is 91.6 cm³/mol. The van der Waals surface area contributed by atoms with E-state index in [-0.39, 0.29) is 17.1 Å². The second kappa shape index (κ2) is 5.16. The van der Waals surface area contributed by atoms with Crippen LogP contribution in [0.15, 0.2) is 56.1 Å². The Kier molecular flexibility index (Phi) is 3.09. The first-order valence-electron chi connectivity index (χ1n) is 7.53. The van der Waals surface area contributed by atoms with Crippen molar-refractivity contribution in [1.29, 1.82) is 0 Å². The fourth-order valence-corrected chi connectivity index (χ4v) is 2.91. The van der Waals surface area contributed by atoms with Crippen LogP contribution in [0.1, 0.15) is 12.5 Å². The van der Waals surface area contributed by atoms with E-state index in [1.165, 1.54) is 18.2 Å². The summed E-state index contributed by atoms with van der Waals surface area (Å²) in [7, 11) is 0. The summed E-state index contributed by atoms with van der Waals surface area (Å²) in [5.41, 5.74) is 1.23. The second-order valence-corrected chi connectivity index (χ2v) is 5.63. The zero-order chi connectivity index (χ0) is 16.8. The molecule has 2 N–H and O–H groups in total. The van der Waals surface area contributed by atoms with Gasteiger partial charge in [-0.15, -0.1) is 0 Å². The fraction of sp³-hybridized carbons (Fsp3) is 0.105. The Morgan fingerprint density at radius 3 is 2.62 bits per heavy atom. The van der Waals surface area contributed by atoms with Gasteiger partial charge in [-0.05, 0) is 37.1 Å². The molecular formula is C19H14O5. The first-order valence-corrected chi connectivity index (χ1v) is 7.53. The highest BCUT2D eigenvalue weighted by molar-refractivity contribution is 6.13. The van der Waals surface area contributed by atoms with E-state index in [4.69, 9.17) is 8.83 Å². The maximum Gasteiger partial charge on any atom is 0.348 e. The summed E-state index contributed by atoms with van der Waals surface area (Å²) < 4.78 is 11.2. The van der Waals surface area contributed by atoms with Crippen molar-refractivity contribution in [3.05, 3.63) is 58.5 Å². The molecule has 0 unspecified atom stereocenters. The van der Waals surface area contributed by atoms with E-state index in [0.29, 0.717) is 39.3 Å². The molecule has 2 heterocycles. The van der Waals surface area contributed by atoms with Gasteiger partial charge in [0.2, 0.25) is 0 Å². The minimum absolute atomic E-state index is 0.0571. The Bertz CT molecular complexity index is 1180. The van der Waals surface area contributed by atoms with Gasteiger partial charge in [-0.3, -0.25) is 0 Å². The molecule has 4 rings (SSSR count). The number of phenols is 2. The molecule has 2 aromatic carbocycles. The third kappa shape index (κ3) is 2.06. The number of furan rings is 1. The minimum Gasteiger partial charge on any atom is -0.508 e. The van der Waals surface area contributed by atoms with Crippen LogP contribution in [0.4, 0.5) is 0 Å². The lowest BCUT2D eigenvalue weighted by Gasteiger charge is -2.04. The first-order chi connectivity index (χ1) is 11.6. The molecular weight excluding hydrogens is 308 g/mol. The van der Waals surface area contributed by atoms with Gasteiger partial charge >= 0.3 is 5.63 Å². The number of benzene rings is 2. The highest BCUT2D eigenvalue weighted by atomic mass is 16.4. The lowest BCUT2D eigenvalue weighted by Crippen LogP contribution is -1.98. The molecule has 0 spiro atoms. The van der Waals surface area contributed by atoms with E-state index in [9.17, 15) is 15.0 Å². The fourth-order valence-electron chi connectivity index (χ4n) is 2.91. The molecule has 0 aliphatic heterocycles. The third-order valence-corrected chi connectivity index (χ3v) is 4.08. The average Bonchev–Trinajstić information content (AvgIpc) is 2.92. The summed E-state index contributed by atoms with van der Waals surface area (Å²) in [6.45, 7) is 1.90. The maximum absolute atomic E-state index is 12.3. The van der Waals surface area contributed by atoms with Crippen molar-refractivity contribution >= 4 is 32.9 Å². The van der Waals surface area contributed by atoms with E-state index in [1.807, 2.05) is 19.1 Å². The zero-order valence-electron chi connectivity index (χ0n) is 12.9. The molecule has 0 fully saturated rings. The number of phenolic OH excluding ortho intramolecular Hbond substituents is 2. The van der Waals surface area contributed by atoms with Gasteiger partial charge in [0, 0.05) is 17.5 Å². The highest BCUT2D eigenvalue weighted by Gasteiger charge is 2.17. The number of fused-ring (bicyclic) bond motifs is 5. The number of hydrogen-bond donors (Lipinski definition) is 2. The van der Waals surface area contributed by atoms with Gasteiger partial charge < -0.3 is 19.0 Å². The summed E-state index contributed by atoms with van der Waals surface area (Å²) in [5.74, 6) is 0.124. The van der Waals surface area contributed by atoms with Gasteiger partial charge in [0.1, 0.15) is 28.1 Å². The summed E-state index contributed by atoms with van der Waals surface area (Å²) >= 11 is 0. The van der Waals surface area contributed by atoms with Crippen LogP contribution in [0.25, 0.3) is 32.9 Å². The van der Waals surface area contributed by atoms with Crippen molar-refractivity contribution in [3.63, 3.8) is 0 Å². The first kappa shape index (κ1) is 14.4. The van der Waals surface area contributed by atoms with Gasteiger partial charge in [-0.2, -0.15) is 0 Å². The van der Waals surface area contributed by atoms with Gasteiger partial charge in [0.05, 0.1) is 5.39 Å². The predicted octanol–water partition coefficient (Wildman–Crippen LogP) is 4.22. The van der Waals surface area contributed by atoms with Gasteiger partial charge in [-0.25, -0.2) is 4.79 Å². The molecule has 2 aromatic heterocycles. The number of aromatic hydroxyl groups is 2. The molecule has 24 heavy (non-hydrogen) atoms. The number of hydrogen-bond acceptors (Lipinski definition) is 5. The lowest BCUT2D eigenvalue weighted by atomic mass is 10.1. The van der Waals surface area contributed by atoms with Crippen LogP contribution < -0.4 is 5.63 Å². The molecule has 0 amide bonds. The Hall–Kier alpha value is -3.21. The molecule has 0 bridgehead atoms. The van der Waals surface area contributed by atoms with E-state index in [2.05, 4.69) is 0 Å². The van der Waals surface area contributed by atoms with Crippen molar-refractivity contribution in [3.8, 4) is 11.5 Å². The van der Waals surface area contributed by atoms with Crippen LogP contribution in [-0.2, 0) is 6.42 Å². The van der Waals surface area contributed by atoms with Crippen molar-refractivity contribution in [2.75, 3.05) is 0 Å². The molecule has 120 valence electrons. The van der Waals surface area contributed by atoms with Crippen molar-refractivity contribution in [2.24, 2.45) is 0 Å². The molecule has 0 radical (unpaired) electrons. The molecule has 0 aliphatic rings. The maximum atomic E-state index is 12.3. The van der Waals surface area contributed by atoms with E-state index < -0.39 is 5.63 Å². The smallest absolute Gasteiger partial charge is 0.348 e. The van der Waals surface area contributed by atoms with Crippen LogP contribution in [0.3, 0.4) is 0 Å². The zero-order valence-corrected chi connectivity index (χ0v) is 12.9. The summed E-state index contributed by atoms with van der Waals surface area (Å²) in [6, 6.07) is 7.77. The Morgan fingerprint density at radius 2 is 1.83 bits per heavy atom. The average molecular weight is 322 g/mol. The molecule has 0 saturated carbocycles. The summed E-state index contributed by atoms with van der Waals surface area (Å²) in [5, 5.41) is 21.3. The standard InChI is InChI=1S/C19H14O5/c1-2-3-4-10-7-13-16(9-14(10)21)24-19(22)17-12-6-5-11(20)8-15(12)23-18(13)17/h2-3,5-9,20-21H,4H2,1H3. The number of rotatable bonds is 2. The van der Waals surface area contributed by atoms with Gasteiger partial charge in [0.15, 0.2) is 5.58 Å². The molecule has 5 heteroatoms. The van der Waals surface area contributed by atoms with Crippen molar-refractivity contribution in [1.82, 2.24) is 0 Å². The monoisotopic (exact) mass is 322 g/mol. The third-order valence-electron chi connectivity index (χ3n) is 4.08. The van der Waals surface area contributed by atoms with E-state index >= 15 is 0 Å². The van der Waals surface area contributed by atoms with Crippen LogP contribution in [0, 0.1) is 0 Å². The second-order valence-electron chi connectivity index (χ2n) is 5.63. The molecule has 0 saturated heterocycles. The van der Waals surface area contributed by atoms with Gasteiger partial charge in [0.25, 0.3) is 0 Å². The largest absolute Gasteiger partial charge is 0.508 e. The van der Waals surface area contributed by atoms with Crippen LogP contribution in [0.2, 0.25) is 0 Å². The SMILES string of the molecule is CC=CCc1cc2c(cc1O)oc(=O)c1c3ccc(O)cc3oc21. The van der Waals surface area contributed by atoms with Crippen molar-refractivity contribution < 1.29 is 19.0 Å².